The number of hydrogen-bond donors (Lipinski definition) is 1. The molecule has 0 bridgehead atoms. The molecule has 2 heterocycles. The molecule has 0 amide bonds. The van der Waals surface area contributed by atoms with E-state index in [0.717, 1.165) is 62.5 Å². The zero-order valence-electron chi connectivity index (χ0n) is 35.4. The van der Waals surface area contributed by atoms with Crippen LogP contribution in [-0.4, -0.2) is 95.5 Å². The van der Waals surface area contributed by atoms with E-state index in [1.165, 1.54) is 11.8 Å². The summed E-state index contributed by atoms with van der Waals surface area (Å²) < 4.78 is 63.6. The van der Waals surface area contributed by atoms with Crippen LogP contribution in [0.2, 0.25) is 0 Å². The first-order valence-electron chi connectivity index (χ1n) is 22.0. The monoisotopic (exact) mass is 904 g/mol. The van der Waals surface area contributed by atoms with Crippen molar-refractivity contribution in [2.75, 3.05) is 26.2 Å². The van der Waals surface area contributed by atoms with Crippen molar-refractivity contribution in [3.63, 3.8) is 0 Å². The maximum Gasteiger partial charge on any atom is 0.309 e. The van der Waals surface area contributed by atoms with Crippen molar-refractivity contribution in [2.24, 2.45) is 17.8 Å². The summed E-state index contributed by atoms with van der Waals surface area (Å²) in [6.07, 6.45) is 11.6. The van der Waals surface area contributed by atoms with Gasteiger partial charge < -0.3 is 14.6 Å². The Kier molecular flexibility index (Phi) is 19.1. The number of carbonyl (C=O) groups is 4. The van der Waals surface area contributed by atoms with Crippen LogP contribution in [-0.2, 0) is 61.9 Å². The van der Waals surface area contributed by atoms with Gasteiger partial charge in [0.2, 0.25) is 20.0 Å². The lowest BCUT2D eigenvalue weighted by molar-refractivity contribution is -0.151. The summed E-state index contributed by atoms with van der Waals surface area (Å²) in [6.45, 7) is 4.82. The number of hydrogen-bond acceptors (Lipinski definition) is 11. The van der Waals surface area contributed by atoms with Crippen molar-refractivity contribution in [2.45, 2.75) is 139 Å². The second kappa shape index (κ2) is 23.9. The van der Waals surface area contributed by atoms with Crippen LogP contribution in [0.25, 0.3) is 0 Å². The molecule has 16 heteroatoms. The van der Waals surface area contributed by atoms with Gasteiger partial charge in [-0.1, -0.05) is 72.4 Å². The molecule has 2 aliphatic heterocycles. The predicted octanol–water partition coefficient (Wildman–Crippen LogP) is 7.34. The van der Waals surface area contributed by atoms with Gasteiger partial charge in [0.1, 0.15) is 13.2 Å². The number of ether oxygens (including phenoxy) is 2. The normalized spacial score (nSPS) is 26.1. The molecule has 0 spiro atoms. The van der Waals surface area contributed by atoms with Gasteiger partial charge >= 0.3 is 17.9 Å². The molecule has 3 aliphatic carbocycles. The smallest absolute Gasteiger partial charge is 0.309 e. The van der Waals surface area contributed by atoms with E-state index >= 15 is 0 Å². The summed E-state index contributed by atoms with van der Waals surface area (Å²) in [4.78, 5) is 46.1. The lowest BCUT2D eigenvalue weighted by Gasteiger charge is -2.30. The highest BCUT2D eigenvalue weighted by molar-refractivity contribution is 8.14. The summed E-state index contributed by atoms with van der Waals surface area (Å²) in [6, 6.07) is 19.3. The Bertz CT molecular complexity index is 1910. The van der Waals surface area contributed by atoms with Crippen LogP contribution < -0.4 is 0 Å². The van der Waals surface area contributed by atoms with E-state index in [1.54, 1.807) is 15.5 Å². The van der Waals surface area contributed by atoms with Gasteiger partial charge in [0.15, 0.2) is 5.12 Å². The minimum Gasteiger partial charge on any atom is -0.481 e. The maximum atomic E-state index is 12.6. The number of carbonyl (C=O) groups excluding carboxylic acids is 3. The Morgan fingerprint density at radius 2 is 0.902 bits per heavy atom. The summed E-state index contributed by atoms with van der Waals surface area (Å²) in [7, 11) is -6.36. The van der Waals surface area contributed by atoms with Crippen LogP contribution >= 0.6 is 11.8 Å². The quantitative estimate of drug-likeness (QED) is 0.210. The third-order valence-electron chi connectivity index (χ3n) is 12.5. The van der Waals surface area contributed by atoms with Crippen LogP contribution in [0.5, 0.6) is 0 Å². The molecule has 0 unspecified atom stereocenters. The summed E-state index contributed by atoms with van der Waals surface area (Å²) in [5, 5.41) is 8.75. The van der Waals surface area contributed by atoms with Gasteiger partial charge in [-0.3, -0.25) is 19.2 Å². The van der Waals surface area contributed by atoms with Gasteiger partial charge in [0, 0.05) is 38.4 Å². The van der Waals surface area contributed by atoms with E-state index in [1.807, 2.05) is 60.7 Å². The van der Waals surface area contributed by atoms with Crippen molar-refractivity contribution in [1.82, 2.24) is 8.61 Å². The Morgan fingerprint density at radius 3 is 1.25 bits per heavy atom. The minimum absolute atomic E-state index is 0.00233. The number of esters is 2. The number of sulfonamides is 2. The van der Waals surface area contributed by atoms with Crippen LogP contribution in [0.1, 0.15) is 121 Å². The molecule has 5 fully saturated rings. The molecule has 0 atom stereocenters. The standard InChI is InChI=1S/C18H25NO4S.C16H20O3S.C11H19NO4S/c20-18(23-14-15-6-2-1-3-7-15)16-8-10-17(11-9-16)24(21,22)19-12-4-5-13-19;1-12(17)20-15-9-7-14(8-10-15)16(18)19-11-13-5-3-2-4-6-13;13-11(14)9-3-5-10(6-4-9)17(15,16)12-7-1-2-8-12/h1-3,6-7,16-17H,4-5,8-14H2;2-6,14-15H,7-11H2,1H3;9-10H,1-8H2,(H,13,14). The average molecular weight is 905 g/mol. The third-order valence-corrected chi connectivity index (χ3v) is 18.4. The first-order valence-corrected chi connectivity index (χ1v) is 25.9. The fourth-order valence-corrected chi connectivity index (χ4v) is 13.9. The van der Waals surface area contributed by atoms with E-state index in [0.29, 0.717) is 89.4 Å². The van der Waals surface area contributed by atoms with Crippen molar-refractivity contribution in [3.05, 3.63) is 71.8 Å². The fraction of sp³-hybridized carbons (Fsp3) is 0.644. The highest BCUT2D eigenvalue weighted by Gasteiger charge is 2.39. The molecule has 7 rings (SSSR count). The van der Waals surface area contributed by atoms with Gasteiger partial charge in [0.05, 0.1) is 28.3 Å². The largest absolute Gasteiger partial charge is 0.481 e. The maximum absolute atomic E-state index is 12.6. The molecule has 2 saturated heterocycles. The van der Waals surface area contributed by atoms with Crippen LogP contribution in [0.3, 0.4) is 0 Å². The van der Waals surface area contributed by atoms with Gasteiger partial charge in [-0.25, -0.2) is 25.4 Å². The lowest BCUT2D eigenvalue weighted by Crippen LogP contribution is -2.39. The van der Waals surface area contributed by atoms with Crippen molar-refractivity contribution >= 4 is 54.8 Å². The van der Waals surface area contributed by atoms with E-state index < -0.39 is 26.0 Å². The van der Waals surface area contributed by atoms with E-state index in [2.05, 4.69) is 0 Å². The van der Waals surface area contributed by atoms with Crippen LogP contribution in [0.4, 0.5) is 0 Å². The molecule has 3 saturated carbocycles. The molecule has 61 heavy (non-hydrogen) atoms. The van der Waals surface area contributed by atoms with Crippen molar-refractivity contribution in [1.29, 1.82) is 0 Å². The molecule has 2 aromatic carbocycles. The summed E-state index contributed by atoms with van der Waals surface area (Å²) in [5.41, 5.74) is 1.98. The van der Waals surface area contributed by atoms with E-state index in [-0.39, 0.29) is 51.9 Å². The van der Waals surface area contributed by atoms with Crippen LogP contribution in [0, 0.1) is 17.8 Å². The topological polar surface area (TPSA) is 182 Å². The second-order valence-corrected chi connectivity index (χ2v) is 22.8. The van der Waals surface area contributed by atoms with Gasteiger partial charge in [-0.15, -0.1) is 0 Å². The van der Waals surface area contributed by atoms with Gasteiger partial charge in [-0.2, -0.15) is 0 Å². The van der Waals surface area contributed by atoms with E-state index in [4.69, 9.17) is 14.6 Å². The summed E-state index contributed by atoms with van der Waals surface area (Å²) >= 11 is 1.41. The number of carboxylic acids is 1. The first-order chi connectivity index (χ1) is 29.2. The Labute approximate surface area is 366 Å². The highest BCUT2D eigenvalue weighted by Crippen LogP contribution is 2.35. The molecule has 2 aromatic rings. The second-order valence-electron chi connectivity index (χ2n) is 16.9. The molecule has 0 aromatic heterocycles. The zero-order valence-corrected chi connectivity index (χ0v) is 37.9. The number of thioether (sulfide) groups is 1. The number of benzene rings is 2. The molecule has 0 radical (unpaired) electrons. The summed E-state index contributed by atoms with van der Waals surface area (Å²) in [5.74, 6) is -1.60. The molecule has 13 nitrogen and oxygen atoms in total. The number of nitrogens with zero attached hydrogens (tertiary/aromatic N) is 2. The molecular weight excluding hydrogens is 841 g/mol. The van der Waals surface area contributed by atoms with Crippen molar-refractivity contribution < 1.29 is 50.6 Å². The molecule has 5 aliphatic rings. The number of aliphatic carboxylic acids is 1. The fourth-order valence-electron chi connectivity index (χ4n) is 8.86. The van der Waals surface area contributed by atoms with E-state index in [9.17, 15) is 36.0 Å². The highest BCUT2D eigenvalue weighted by atomic mass is 32.2. The van der Waals surface area contributed by atoms with Gasteiger partial charge in [0.25, 0.3) is 0 Å². The predicted molar refractivity (Wildman–Crippen MR) is 235 cm³/mol. The zero-order chi connectivity index (χ0) is 43.8. The number of carboxylic acid groups (broad SMARTS) is 1. The van der Waals surface area contributed by atoms with Gasteiger partial charge in [-0.05, 0) is 114 Å². The SMILES string of the molecule is CC(=O)SC1CCC(C(=O)OCc2ccccc2)CC1.O=C(O)C1CCC(S(=O)(=O)N2CCCC2)CC1.O=C(OCc1ccccc1)C1CCC(S(=O)(=O)N2CCCC2)CC1. The molecule has 1 N–H and O–H groups in total. The van der Waals surface area contributed by atoms with Crippen molar-refractivity contribution in [3.8, 4) is 0 Å². The van der Waals surface area contributed by atoms with Crippen LogP contribution in [0.15, 0.2) is 60.7 Å². The Morgan fingerprint density at radius 1 is 0.557 bits per heavy atom. The average Bonchev–Trinajstić information content (AvgIpc) is 4.04. The number of rotatable bonds is 12. The minimum atomic E-state index is -3.18. The molecular formula is C45H64N2O11S3. The molecule has 338 valence electrons. The lowest BCUT2D eigenvalue weighted by atomic mass is 9.89. The first kappa shape index (κ1) is 48.7. The third kappa shape index (κ3) is 14.9. The Hall–Kier alpha value is -3.31. The Balaban J connectivity index is 0.000000176.